The highest BCUT2D eigenvalue weighted by molar-refractivity contribution is 6.10. The van der Waals surface area contributed by atoms with E-state index in [0.717, 1.165) is 24.3 Å². The molecule has 0 fully saturated rings. The van der Waals surface area contributed by atoms with Crippen LogP contribution in [0.4, 0.5) is 0 Å². The number of hydrogen-bond acceptors (Lipinski definition) is 1. The number of allylic oxidation sites excluding steroid dienone is 4. The van der Waals surface area contributed by atoms with Crippen LogP contribution in [0.5, 0.6) is 0 Å². The summed E-state index contributed by atoms with van der Waals surface area (Å²) in [5.41, 5.74) is 13.4. The van der Waals surface area contributed by atoms with Gasteiger partial charge in [0.25, 0.3) is 0 Å². The van der Waals surface area contributed by atoms with Gasteiger partial charge >= 0.3 is 0 Å². The van der Waals surface area contributed by atoms with Gasteiger partial charge in [-0.05, 0) is 81.8 Å². The zero-order valence-electron chi connectivity index (χ0n) is 25.3. The number of aromatic nitrogens is 1. The number of methoxy groups -OCH3 is 1. The summed E-state index contributed by atoms with van der Waals surface area (Å²) in [4.78, 5) is 0. The minimum atomic E-state index is 0.869. The van der Waals surface area contributed by atoms with E-state index in [0.29, 0.717) is 0 Å². The van der Waals surface area contributed by atoms with Gasteiger partial charge in [0.2, 0.25) is 0 Å². The van der Waals surface area contributed by atoms with Crippen LogP contribution in [-0.2, 0) is 4.74 Å². The molecule has 8 rings (SSSR count). The molecule has 0 saturated heterocycles. The van der Waals surface area contributed by atoms with E-state index in [2.05, 4.69) is 162 Å². The standard InChI is InChI=1S/C43H33NO/c1-45-43-27-23-34(29-40(43)37-17-9-8-16-36(37)32-14-6-3-7-15-32)33-22-26-42-39(28-33)38-18-10-11-19-41(38)44(42)35-24-20-31(21-25-35)30-12-4-2-5-13-30/h2-22,24-26,28-29H,23,27H2,1H3. The van der Waals surface area contributed by atoms with E-state index in [-0.39, 0.29) is 0 Å². The van der Waals surface area contributed by atoms with Gasteiger partial charge in [0.1, 0.15) is 5.76 Å². The molecule has 2 heteroatoms. The van der Waals surface area contributed by atoms with Gasteiger partial charge in [-0.15, -0.1) is 0 Å². The van der Waals surface area contributed by atoms with Crippen molar-refractivity contribution in [3.05, 3.63) is 175 Å². The number of ether oxygens (including phenoxy) is 1. The van der Waals surface area contributed by atoms with E-state index in [1.54, 1.807) is 7.11 Å². The van der Waals surface area contributed by atoms with Crippen LogP contribution in [0.15, 0.2) is 163 Å². The van der Waals surface area contributed by atoms with Gasteiger partial charge in [0.15, 0.2) is 0 Å². The second-order valence-electron chi connectivity index (χ2n) is 11.6. The van der Waals surface area contributed by atoms with Crippen LogP contribution in [-0.4, -0.2) is 11.7 Å². The Kier molecular flexibility index (Phi) is 6.88. The number of rotatable bonds is 6. The zero-order valence-corrected chi connectivity index (χ0v) is 25.3. The molecule has 0 spiro atoms. The molecule has 0 N–H and O–H groups in total. The van der Waals surface area contributed by atoms with Gasteiger partial charge in [-0.25, -0.2) is 0 Å². The summed E-state index contributed by atoms with van der Waals surface area (Å²) in [6.07, 6.45) is 4.16. The first-order chi connectivity index (χ1) is 22.3. The molecule has 0 unspecified atom stereocenters. The maximum absolute atomic E-state index is 5.98. The monoisotopic (exact) mass is 579 g/mol. The van der Waals surface area contributed by atoms with Gasteiger partial charge in [-0.2, -0.15) is 0 Å². The molecule has 0 bridgehead atoms. The van der Waals surface area contributed by atoms with Gasteiger partial charge in [0, 0.05) is 28.5 Å². The maximum atomic E-state index is 5.98. The fourth-order valence-corrected chi connectivity index (χ4v) is 6.85. The minimum Gasteiger partial charge on any atom is -0.500 e. The third kappa shape index (κ3) is 4.85. The van der Waals surface area contributed by atoms with Gasteiger partial charge in [-0.3, -0.25) is 0 Å². The maximum Gasteiger partial charge on any atom is 0.104 e. The van der Waals surface area contributed by atoms with Gasteiger partial charge < -0.3 is 9.30 Å². The number of hydrogen-bond donors (Lipinski definition) is 0. The molecule has 0 atom stereocenters. The van der Waals surface area contributed by atoms with Crippen molar-refractivity contribution >= 4 is 33.0 Å². The Morgan fingerprint density at radius 2 is 1.09 bits per heavy atom. The number of fused-ring (bicyclic) bond motifs is 3. The SMILES string of the molecule is COC1=C(c2ccccc2-c2ccccc2)C=C(c2ccc3c(c2)c2ccccc2n3-c2ccc(-c3ccccc3)cc2)CC1. The molecule has 7 aromatic rings. The third-order valence-electron chi connectivity index (χ3n) is 9.06. The number of para-hydroxylation sites is 1. The van der Waals surface area contributed by atoms with Crippen LogP contribution < -0.4 is 0 Å². The van der Waals surface area contributed by atoms with E-state index in [1.165, 1.54) is 66.3 Å². The Bertz CT molecular complexity index is 2220. The van der Waals surface area contributed by atoms with Crippen LogP contribution in [0.1, 0.15) is 24.0 Å². The third-order valence-corrected chi connectivity index (χ3v) is 9.06. The van der Waals surface area contributed by atoms with Crippen LogP contribution in [0.25, 0.3) is 60.9 Å². The van der Waals surface area contributed by atoms with Gasteiger partial charge in [0.05, 0.1) is 18.1 Å². The first kappa shape index (κ1) is 27.0. The van der Waals surface area contributed by atoms with E-state index in [4.69, 9.17) is 4.74 Å². The fourth-order valence-electron chi connectivity index (χ4n) is 6.85. The zero-order chi connectivity index (χ0) is 30.2. The predicted octanol–water partition coefficient (Wildman–Crippen LogP) is 11.4. The van der Waals surface area contributed by atoms with Crippen LogP contribution in [0.3, 0.4) is 0 Å². The molecule has 216 valence electrons. The molecule has 45 heavy (non-hydrogen) atoms. The molecule has 1 aliphatic rings. The lowest BCUT2D eigenvalue weighted by Gasteiger charge is -2.22. The summed E-state index contributed by atoms with van der Waals surface area (Å²) in [7, 11) is 1.80. The Morgan fingerprint density at radius 3 is 1.84 bits per heavy atom. The minimum absolute atomic E-state index is 0.869. The van der Waals surface area contributed by atoms with Crippen molar-refractivity contribution in [3.63, 3.8) is 0 Å². The Morgan fingerprint density at radius 1 is 0.489 bits per heavy atom. The van der Waals surface area contributed by atoms with Crippen molar-refractivity contribution in [1.29, 1.82) is 0 Å². The number of benzene rings is 6. The van der Waals surface area contributed by atoms with E-state index in [1.807, 2.05) is 0 Å². The first-order valence-corrected chi connectivity index (χ1v) is 15.6. The Hall–Kier alpha value is -5.60. The highest BCUT2D eigenvalue weighted by Crippen LogP contribution is 2.41. The normalized spacial score (nSPS) is 13.3. The molecule has 0 saturated carbocycles. The Balaban J connectivity index is 1.23. The molecule has 6 aromatic carbocycles. The van der Waals surface area contributed by atoms with E-state index in [9.17, 15) is 0 Å². The molecule has 2 nitrogen and oxygen atoms in total. The molecule has 1 aromatic heterocycles. The molecule has 0 amide bonds. The summed E-state index contributed by atoms with van der Waals surface area (Å²) in [6.45, 7) is 0. The lowest BCUT2D eigenvalue weighted by molar-refractivity contribution is 0.280. The quantitative estimate of drug-likeness (QED) is 0.191. The lowest BCUT2D eigenvalue weighted by Crippen LogP contribution is -2.02. The average Bonchev–Trinajstić information content (AvgIpc) is 3.46. The second kappa shape index (κ2) is 11.5. The summed E-state index contributed by atoms with van der Waals surface area (Å²) in [5.74, 6) is 1.04. The molecular weight excluding hydrogens is 546 g/mol. The number of nitrogens with zero attached hydrogens (tertiary/aromatic N) is 1. The summed E-state index contributed by atoms with van der Waals surface area (Å²) in [6, 6.07) is 54.5. The molecular formula is C43H33NO. The van der Waals surface area contributed by atoms with Crippen molar-refractivity contribution in [2.45, 2.75) is 12.8 Å². The summed E-state index contributed by atoms with van der Waals surface area (Å²) < 4.78 is 8.37. The molecule has 1 aliphatic carbocycles. The van der Waals surface area contributed by atoms with Crippen molar-refractivity contribution in [2.75, 3.05) is 7.11 Å². The van der Waals surface area contributed by atoms with E-state index < -0.39 is 0 Å². The highest BCUT2D eigenvalue weighted by Gasteiger charge is 2.21. The lowest BCUT2D eigenvalue weighted by atomic mass is 9.86. The fraction of sp³-hybridized carbons (Fsp3) is 0.0698. The Labute approximate surface area is 264 Å². The largest absolute Gasteiger partial charge is 0.500 e. The highest BCUT2D eigenvalue weighted by atomic mass is 16.5. The van der Waals surface area contributed by atoms with Gasteiger partial charge in [-0.1, -0.05) is 121 Å². The molecule has 0 radical (unpaired) electrons. The van der Waals surface area contributed by atoms with Crippen molar-refractivity contribution in [1.82, 2.24) is 4.57 Å². The molecule has 0 aliphatic heterocycles. The second-order valence-corrected chi connectivity index (χ2v) is 11.6. The first-order valence-electron chi connectivity index (χ1n) is 15.6. The van der Waals surface area contributed by atoms with Crippen molar-refractivity contribution in [3.8, 4) is 27.9 Å². The summed E-state index contributed by atoms with van der Waals surface area (Å²) in [5, 5.41) is 2.53. The average molecular weight is 580 g/mol. The molecule has 1 heterocycles. The van der Waals surface area contributed by atoms with Crippen LogP contribution in [0, 0.1) is 0 Å². The van der Waals surface area contributed by atoms with Crippen molar-refractivity contribution < 1.29 is 4.74 Å². The van der Waals surface area contributed by atoms with Crippen LogP contribution in [0.2, 0.25) is 0 Å². The predicted molar refractivity (Wildman–Crippen MR) is 189 cm³/mol. The summed E-state index contributed by atoms with van der Waals surface area (Å²) >= 11 is 0. The van der Waals surface area contributed by atoms with Crippen molar-refractivity contribution in [2.24, 2.45) is 0 Å². The smallest absolute Gasteiger partial charge is 0.104 e. The van der Waals surface area contributed by atoms with E-state index >= 15 is 0 Å². The topological polar surface area (TPSA) is 14.2 Å². The van der Waals surface area contributed by atoms with Crippen LogP contribution >= 0.6 is 0 Å².